The van der Waals surface area contributed by atoms with Crippen LogP contribution >= 0.6 is 0 Å². The van der Waals surface area contributed by atoms with Crippen LogP contribution in [0.3, 0.4) is 0 Å². The summed E-state index contributed by atoms with van der Waals surface area (Å²) in [5.41, 5.74) is -0.722. The summed E-state index contributed by atoms with van der Waals surface area (Å²) in [7, 11) is 0. The highest BCUT2D eigenvalue weighted by Crippen LogP contribution is 2.32. The Kier molecular flexibility index (Phi) is 5.44. The second-order valence-electron chi connectivity index (χ2n) is 7.01. The van der Waals surface area contributed by atoms with Crippen LogP contribution in [0.5, 0.6) is 0 Å². The fourth-order valence-corrected chi connectivity index (χ4v) is 3.56. The van der Waals surface area contributed by atoms with E-state index in [1.54, 1.807) is 0 Å². The Bertz CT molecular complexity index is 324. The zero-order chi connectivity index (χ0) is 14.6. The van der Waals surface area contributed by atoms with E-state index >= 15 is 0 Å². The predicted octanol–water partition coefficient (Wildman–Crippen LogP) is 1.92. The summed E-state index contributed by atoms with van der Waals surface area (Å²) in [5.74, 6) is 0.587. The molecule has 1 saturated carbocycles. The Hall–Kier alpha value is -0.610. The van der Waals surface area contributed by atoms with Crippen molar-refractivity contribution >= 4 is 5.91 Å². The van der Waals surface area contributed by atoms with Gasteiger partial charge in [0.05, 0.1) is 12.0 Å². The summed E-state index contributed by atoms with van der Waals surface area (Å²) in [6, 6.07) is 0.590. The van der Waals surface area contributed by atoms with Gasteiger partial charge in [0.15, 0.2) is 0 Å². The number of aliphatic hydroxyl groups is 1. The molecule has 0 spiro atoms. The van der Waals surface area contributed by atoms with Gasteiger partial charge in [-0.25, -0.2) is 0 Å². The lowest BCUT2D eigenvalue weighted by Gasteiger charge is -2.35. The molecule has 116 valence electrons. The maximum Gasteiger partial charge on any atom is 0.222 e. The standard InChI is InChI=1S/C16H30N2O2/c1-13(2)18-9-5-6-14(12-18)11-17-15(19)10-16(20)7-3-4-8-16/h13-14,20H,3-12H2,1-2H3,(H,17,19). The van der Waals surface area contributed by atoms with E-state index in [0.29, 0.717) is 12.0 Å². The molecule has 1 saturated heterocycles. The van der Waals surface area contributed by atoms with E-state index in [4.69, 9.17) is 0 Å². The smallest absolute Gasteiger partial charge is 0.222 e. The molecule has 1 heterocycles. The lowest BCUT2D eigenvalue weighted by molar-refractivity contribution is -0.126. The number of piperidine rings is 1. The van der Waals surface area contributed by atoms with Crippen molar-refractivity contribution in [2.75, 3.05) is 19.6 Å². The molecular weight excluding hydrogens is 252 g/mol. The highest BCUT2D eigenvalue weighted by molar-refractivity contribution is 5.77. The first-order valence-corrected chi connectivity index (χ1v) is 8.22. The van der Waals surface area contributed by atoms with Crippen LogP contribution in [-0.4, -0.2) is 47.2 Å². The summed E-state index contributed by atoms with van der Waals surface area (Å²) >= 11 is 0. The molecule has 4 nitrogen and oxygen atoms in total. The van der Waals surface area contributed by atoms with Crippen molar-refractivity contribution in [1.29, 1.82) is 0 Å². The monoisotopic (exact) mass is 282 g/mol. The van der Waals surface area contributed by atoms with Crippen LogP contribution in [0.25, 0.3) is 0 Å². The second-order valence-corrected chi connectivity index (χ2v) is 7.01. The van der Waals surface area contributed by atoms with Crippen LogP contribution in [-0.2, 0) is 4.79 Å². The number of rotatable bonds is 5. The van der Waals surface area contributed by atoms with Crippen LogP contribution in [0.1, 0.15) is 58.8 Å². The summed E-state index contributed by atoms with van der Waals surface area (Å²) < 4.78 is 0. The predicted molar refractivity (Wildman–Crippen MR) is 80.5 cm³/mol. The van der Waals surface area contributed by atoms with Gasteiger partial charge >= 0.3 is 0 Å². The van der Waals surface area contributed by atoms with E-state index in [2.05, 4.69) is 24.1 Å². The molecule has 2 N–H and O–H groups in total. The number of carbonyl (C=O) groups is 1. The molecule has 0 aromatic heterocycles. The van der Waals surface area contributed by atoms with Gasteiger partial charge in [0.1, 0.15) is 0 Å². The van der Waals surface area contributed by atoms with Crippen LogP contribution in [0.4, 0.5) is 0 Å². The van der Waals surface area contributed by atoms with Crippen LogP contribution in [0.2, 0.25) is 0 Å². The normalized spacial score (nSPS) is 26.9. The zero-order valence-electron chi connectivity index (χ0n) is 13.0. The topological polar surface area (TPSA) is 52.6 Å². The maximum absolute atomic E-state index is 12.0. The number of carbonyl (C=O) groups excluding carboxylic acids is 1. The second kappa shape index (κ2) is 6.90. The summed E-state index contributed by atoms with van der Waals surface area (Å²) in [4.78, 5) is 14.5. The summed E-state index contributed by atoms with van der Waals surface area (Å²) in [5, 5.41) is 13.3. The van der Waals surface area contributed by atoms with Crippen molar-refractivity contribution in [2.45, 2.75) is 70.4 Å². The molecule has 2 fully saturated rings. The highest BCUT2D eigenvalue weighted by Gasteiger charge is 2.33. The SMILES string of the molecule is CC(C)N1CCCC(CNC(=O)CC2(O)CCCC2)C1. The quantitative estimate of drug-likeness (QED) is 0.810. The third kappa shape index (κ3) is 4.45. The van der Waals surface area contributed by atoms with Gasteiger partial charge in [-0.15, -0.1) is 0 Å². The first-order valence-electron chi connectivity index (χ1n) is 8.22. The van der Waals surface area contributed by atoms with Gasteiger partial charge in [0.25, 0.3) is 0 Å². The maximum atomic E-state index is 12.0. The molecule has 0 aromatic rings. The molecule has 2 aliphatic rings. The number of amides is 1. The molecule has 4 heteroatoms. The summed E-state index contributed by atoms with van der Waals surface area (Å²) in [6.45, 7) is 7.50. The zero-order valence-corrected chi connectivity index (χ0v) is 13.0. The molecule has 0 radical (unpaired) electrons. The molecule has 1 unspecified atom stereocenters. The first-order chi connectivity index (χ1) is 9.48. The Morgan fingerprint density at radius 2 is 2.05 bits per heavy atom. The average molecular weight is 282 g/mol. The molecule has 1 atom stereocenters. The van der Waals surface area contributed by atoms with Crippen molar-refractivity contribution in [3.05, 3.63) is 0 Å². The van der Waals surface area contributed by atoms with Gasteiger partial charge in [-0.05, 0) is 52.0 Å². The third-order valence-electron chi connectivity index (χ3n) is 4.89. The fraction of sp³-hybridized carbons (Fsp3) is 0.938. The van der Waals surface area contributed by atoms with Crippen molar-refractivity contribution < 1.29 is 9.90 Å². The molecule has 1 aliphatic carbocycles. The fourth-order valence-electron chi connectivity index (χ4n) is 3.56. The molecule has 1 aliphatic heterocycles. The Balaban J connectivity index is 1.70. The van der Waals surface area contributed by atoms with E-state index in [1.165, 1.54) is 19.4 Å². The molecule has 0 aromatic carbocycles. The van der Waals surface area contributed by atoms with Gasteiger partial charge in [0.2, 0.25) is 5.91 Å². The number of nitrogens with one attached hydrogen (secondary N) is 1. The minimum absolute atomic E-state index is 0.0241. The number of hydrogen-bond donors (Lipinski definition) is 2. The van der Waals surface area contributed by atoms with Gasteiger partial charge in [-0.2, -0.15) is 0 Å². The number of likely N-dealkylation sites (tertiary alicyclic amines) is 1. The van der Waals surface area contributed by atoms with E-state index in [0.717, 1.165) is 38.8 Å². The molecule has 20 heavy (non-hydrogen) atoms. The van der Waals surface area contributed by atoms with E-state index in [1.807, 2.05) is 0 Å². The van der Waals surface area contributed by atoms with Crippen molar-refractivity contribution in [2.24, 2.45) is 5.92 Å². The lowest BCUT2D eigenvalue weighted by atomic mass is 9.95. The minimum Gasteiger partial charge on any atom is -0.389 e. The third-order valence-corrected chi connectivity index (χ3v) is 4.89. The molecular formula is C16H30N2O2. The van der Waals surface area contributed by atoms with Gasteiger partial charge in [0, 0.05) is 19.1 Å². The molecule has 0 bridgehead atoms. The highest BCUT2D eigenvalue weighted by atomic mass is 16.3. The molecule has 2 rings (SSSR count). The van der Waals surface area contributed by atoms with Crippen LogP contribution < -0.4 is 5.32 Å². The first kappa shape index (κ1) is 15.8. The number of hydrogen-bond acceptors (Lipinski definition) is 3. The number of nitrogens with zero attached hydrogens (tertiary/aromatic N) is 1. The lowest BCUT2D eigenvalue weighted by Crippen LogP contribution is -2.44. The Morgan fingerprint density at radius 1 is 1.35 bits per heavy atom. The van der Waals surface area contributed by atoms with E-state index < -0.39 is 5.60 Å². The Morgan fingerprint density at radius 3 is 2.70 bits per heavy atom. The van der Waals surface area contributed by atoms with Crippen molar-refractivity contribution in [1.82, 2.24) is 10.2 Å². The Labute approximate surface area is 122 Å². The average Bonchev–Trinajstić information content (AvgIpc) is 2.83. The van der Waals surface area contributed by atoms with E-state index in [9.17, 15) is 9.90 Å². The largest absolute Gasteiger partial charge is 0.389 e. The molecule has 1 amide bonds. The van der Waals surface area contributed by atoms with Gasteiger partial charge in [-0.1, -0.05) is 12.8 Å². The van der Waals surface area contributed by atoms with Crippen LogP contribution in [0.15, 0.2) is 0 Å². The minimum atomic E-state index is -0.722. The van der Waals surface area contributed by atoms with Gasteiger partial charge in [-0.3, -0.25) is 4.79 Å². The van der Waals surface area contributed by atoms with Crippen molar-refractivity contribution in [3.63, 3.8) is 0 Å². The summed E-state index contributed by atoms with van der Waals surface area (Å²) in [6.07, 6.45) is 6.38. The van der Waals surface area contributed by atoms with Crippen LogP contribution in [0, 0.1) is 5.92 Å². The van der Waals surface area contributed by atoms with Gasteiger partial charge < -0.3 is 15.3 Å². The van der Waals surface area contributed by atoms with Crippen molar-refractivity contribution in [3.8, 4) is 0 Å². The van der Waals surface area contributed by atoms with E-state index in [-0.39, 0.29) is 12.3 Å².